The Hall–Kier alpha value is -1.81. The molecule has 0 bridgehead atoms. The molecule has 2 nitrogen and oxygen atoms in total. The van der Waals surface area contributed by atoms with Gasteiger partial charge in [-0.15, -0.1) is 11.8 Å². The van der Waals surface area contributed by atoms with Crippen LogP contribution in [0.4, 0.5) is 4.39 Å². The summed E-state index contributed by atoms with van der Waals surface area (Å²) in [5, 5.41) is 2.86. The second-order valence-corrected chi connectivity index (χ2v) is 5.81. The minimum Gasteiger partial charge on any atom is -0.356 e. The van der Waals surface area contributed by atoms with Gasteiger partial charge in [-0.3, -0.25) is 4.79 Å². The molecule has 0 fully saturated rings. The summed E-state index contributed by atoms with van der Waals surface area (Å²) in [4.78, 5) is 12.9. The summed E-state index contributed by atoms with van der Waals surface area (Å²) in [5.41, 5.74) is 0.897. The van der Waals surface area contributed by atoms with Gasteiger partial charge in [-0.2, -0.15) is 0 Å². The number of carbonyl (C=O) groups is 1. The van der Waals surface area contributed by atoms with Gasteiger partial charge in [0.15, 0.2) is 0 Å². The molecular formula is C17H18FNOS. The van der Waals surface area contributed by atoms with E-state index in [0.717, 1.165) is 11.3 Å². The van der Waals surface area contributed by atoms with Crippen molar-refractivity contribution in [3.8, 4) is 0 Å². The molecule has 0 aromatic heterocycles. The molecular weight excluding hydrogens is 285 g/mol. The van der Waals surface area contributed by atoms with Gasteiger partial charge in [0, 0.05) is 23.6 Å². The van der Waals surface area contributed by atoms with Crippen molar-refractivity contribution >= 4 is 17.7 Å². The molecule has 0 heterocycles. The summed E-state index contributed by atoms with van der Waals surface area (Å²) >= 11 is 1.67. The zero-order valence-electron chi connectivity index (χ0n) is 11.7. The third-order valence-electron chi connectivity index (χ3n) is 2.97. The zero-order chi connectivity index (χ0) is 14.9. The lowest BCUT2D eigenvalue weighted by molar-refractivity contribution is -0.120. The number of hydrogen-bond acceptors (Lipinski definition) is 2. The van der Waals surface area contributed by atoms with Crippen molar-refractivity contribution in [1.82, 2.24) is 5.32 Å². The summed E-state index contributed by atoms with van der Waals surface area (Å²) in [7, 11) is 0. The molecule has 0 aliphatic carbocycles. The average molecular weight is 303 g/mol. The molecule has 0 atom stereocenters. The highest BCUT2D eigenvalue weighted by Crippen LogP contribution is 2.17. The Kier molecular flexibility index (Phi) is 6.28. The maximum absolute atomic E-state index is 13.0. The number of nitrogens with one attached hydrogen (secondary N) is 1. The van der Waals surface area contributed by atoms with E-state index in [4.69, 9.17) is 0 Å². The van der Waals surface area contributed by atoms with Crippen molar-refractivity contribution in [3.63, 3.8) is 0 Å². The maximum Gasteiger partial charge on any atom is 0.220 e. The number of hydrogen-bond donors (Lipinski definition) is 1. The highest BCUT2D eigenvalue weighted by Gasteiger charge is 2.02. The fourth-order valence-corrected chi connectivity index (χ4v) is 2.78. The van der Waals surface area contributed by atoms with Gasteiger partial charge in [0.05, 0.1) is 0 Å². The predicted octanol–water partition coefficient (Wildman–Crippen LogP) is 3.67. The SMILES string of the molecule is O=C(CCSc1ccccc1)NCCc1cccc(F)c1. The standard InChI is InChI=1S/C17H18FNOS/c18-15-6-4-5-14(13-15)9-11-19-17(20)10-12-21-16-7-2-1-3-8-16/h1-8,13H,9-12H2,(H,19,20). The maximum atomic E-state index is 13.0. The summed E-state index contributed by atoms with van der Waals surface area (Å²) in [6, 6.07) is 16.5. The highest BCUT2D eigenvalue weighted by molar-refractivity contribution is 7.99. The molecule has 0 saturated heterocycles. The Bertz CT molecular complexity index is 574. The van der Waals surface area contributed by atoms with Crippen LogP contribution in [0.15, 0.2) is 59.5 Å². The second kappa shape index (κ2) is 8.47. The molecule has 0 unspecified atom stereocenters. The predicted molar refractivity (Wildman–Crippen MR) is 84.9 cm³/mol. The first kappa shape index (κ1) is 15.6. The van der Waals surface area contributed by atoms with E-state index in [-0.39, 0.29) is 11.7 Å². The second-order valence-electron chi connectivity index (χ2n) is 4.64. The number of thioether (sulfide) groups is 1. The van der Waals surface area contributed by atoms with Gasteiger partial charge < -0.3 is 5.32 Å². The van der Waals surface area contributed by atoms with Gasteiger partial charge in [-0.25, -0.2) is 4.39 Å². The summed E-state index contributed by atoms with van der Waals surface area (Å²) in [6.07, 6.45) is 1.14. The summed E-state index contributed by atoms with van der Waals surface area (Å²) in [6.45, 7) is 0.540. The van der Waals surface area contributed by atoms with E-state index in [0.29, 0.717) is 19.4 Å². The van der Waals surface area contributed by atoms with Crippen LogP contribution in [-0.4, -0.2) is 18.2 Å². The Morgan fingerprint density at radius 2 is 1.90 bits per heavy atom. The van der Waals surface area contributed by atoms with Crippen molar-refractivity contribution in [2.75, 3.05) is 12.3 Å². The molecule has 21 heavy (non-hydrogen) atoms. The first-order valence-electron chi connectivity index (χ1n) is 6.93. The van der Waals surface area contributed by atoms with Crippen LogP contribution in [0, 0.1) is 5.82 Å². The minimum absolute atomic E-state index is 0.0369. The molecule has 2 aromatic rings. The number of halogens is 1. The van der Waals surface area contributed by atoms with E-state index in [1.54, 1.807) is 17.8 Å². The van der Waals surface area contributed by atoms with Gasteiger partial charge in [0.2, 0.25) is 5.91 Å². The lowest BCUT2D eigenvalue weighted by Crippen LogP contribution is -2.25. The monoisotopic (exact) mass is 303 g/mol. The fourth-order valence-electron chi connectivity index (χ4n) is 1.91. The first-order chi connectivity index (χ1) is 10.2. The lowest BCUT2D eigenvalue weighted by atomic mass is 10.1. The number of rotatable bonds is 7. The van der Waals surface area contributed by atoms with E-state index in [9.17, 15) is 9.18 Å². The molecule has 0 radical (unpaired) electrons. The fraction of sp³-hybridized carbons (Fsp3) is 0.235. The van der Waals surface area contributed by atoms with E-state index < -0.39 is 0 Å². The Labute approximate surface area is 128 Å². The molecule has 0 spiro atoms. The molecule has 0 saturated carbocycles. The summed E-state index contributed by atoms with van der Waals surface area (Å²) in [5.74, 6) is 0.559. The van der Waals surface area contributed by atoms with Crippen LogP contribution < -0.4 is 5.32 Å². The van der Waals surface area contributed by atoms with Gasteiger partial charge >= 0.3 is 0 Å². The van der Waals surface area contributed by atoms with Gasteiger partial charge in [-0.1, -0.05) is 30.3 Å². The van der Waals surface area contributed by atoms with E-state index in [1.165, 1.54) is 17.0 Å². The van der Waals surface area contributed by atoms with Crippen molar-refractivity contribution < 1.29 is 9.18 Å². The van der Waals surface area contributed by atoms with Gasteiger partial charge in [0.25, 0.3) is 0 Å². The quantitative estimate of drug-likeness (QED) is 0.791. The molecule has 2 rings (SSSR count). The van der Waals surface area contributed by atoms with Crippen molar-refractivity contribution in [1.29, 1.82) is 0 Å². The molecule has 4 heteroatoms. The molecule has 1 amide bonds. The van der Waals surface area contributed by atoms with Crippen LogP contribution >= 0.6 is 11.8 Å². The van der Waals surface area contributed by atoms with Crippen LogP contribution in [-0.2, 0) is 11.2 Å². The molecule has 110 valence electrons. The minimum atomic E-state index is -0.238. The highest BCUT2D eigenvalue weighted by atomic mass is 32.2. The molecule has 0 aliphatic rings. The largest absolute Gasteiger partial charge is 0.356 e. The van der Waals surface area contributed by atoms with Crippen LogP contribution in [0.3, 0.4) is 0 Å². The molecule has 2 aromatic carbocycles. The van der Waals surface area contributed by atoms with E-state index >= 15 is 0 Å². The zero-order valence-corrected chi connectivity index (χ0v) is 12.5. The third kappa shape index (κ3) is 6.00. The summed E-state index contributed by atoms with van der Waals surface area (Å²) < 4.78 is 13.0. The smallest absolute Gasteiger partial charge is 0.220 e. The lowest BCUT2D eigenvalue weighted by Gasteiger charge is -2.05. The average Bonchev–Trinajstić information content (AvgIpc) is 2.48. The van der Waals surface area contributed by atoms with Crippen molar-refractivity contribution in [2.45, 2.75) is 17.7 Å². The van der Waals surface area contributed by atoms with Crippen LogP contribution in [0.1, 0.15) is 12.0 Å². The molecule has 1 N–H and O–H groups in total. The number of carbonyl (C=O) groups excluding carboxylic acids is 1. The van der Waals surface area contributed by atoms with Gasteiger partial charge in [0.1, 0.15) is 5.82 Å². The number of amides is 1. The molecule has 0 aliphatic heterocycles. The van der Waals surface area contributed by atoms with Crippen molar-refractivity contribution in [3.05, 3.63) is 66.0 Å². The Balaban J connectivity index is 1.61. The van der Waals surface area contributed by atoms with Crippen LogP contribution in [0.5, 0.6) is 0 Å². The first-order valence-corrected chi connectivity index (χ1v) is 7.91. The normalized spacial score (nSPS) is 10.3. The van der Waals surface area contributed by atoms with E-state index in [1.807, 2.05) is 36.4 Å². The third-order valence-corrected chi connectivity index (χ3v) is 3.98. The Morgan fingerprint density at radius 3 is 2.67 bits per heavy atom. The van der Waals surface area contributed by atoms with E-state index in [2.05, 4.69) is 5.32 Å². The van der Waals surface area contributed by atoms with Gasteiger partial charge in [-0.05, 0) is 36.2 Å². The van der Waals surface area contributed by atoms with Crippen LogP contribution in [0.2, 0.25) is 0 Å². The topological polar surface area (TPSA) is 29.1 Å². The van der Waals surface area contributed by atoms with Crippen LogP contribution in [0.25, 0.3) is 0 Å². The van der Waals surface area contributed by atoms with Crippen molar-refractivity contribution in [2.24, 2.45) is 0 Å². The Morgan fingerprint density at radius 1 is 1.10 bits per heavy atom. The number of benzene rings is 2.